The van der Waals surface area contributed by atoms with Crippen LogP contribution in [0.15, 0.2) is 35.5 Å². The van der Waals surface area contributed by atoms with Crippen molar-refractivity contribution in [3.63, 3.8) is 0 Å². The van der Waals surface area contributed by atoms with Gasteiger partial charge >= 0.3 is 6.18 Å². The lowest BCUT2D eigenvalue weighted by atomic mass is 10.0. The van der Waals surface area contributed by atoms with Crippen molar-refractivity contribution in [3.05, 3.63) is 68.6 Å². The molecule has 14 nitrogen and oxygen atoms in total. The van der Waals surface area contributed by atoms with Crippen molar-refractivity contribution in [2.45, 2.75) is 51.5 Å². The van der Waals surface area contributed by atoms with Crippen molar-refractivity contribution in [2.24, 2.45) is 0 Å². The Morgan fingerprint density at radius 2 is 1.90 bits per heavy atom. The fourth-order valence-corrected chi connectivity index (χ4v) is 6.77. The number of nitrogens with zero attached hydrogens (tertiary/aromatic N) is 8. The monoisotopic (exact) mass is 729 g/mol. The molecule has 2 saturated heterocycles. The standard InChI is InChI=1S/C33H35ClF3N9O5/c1-5-23-28(44-12-19-8-9-51-15-20(13-44)46(19)32(50)27-29(48)17(2)39-16-40-27)30(49)26-31(38-11-24(42-26)43(3)4)45(23)14-25(47)41-22-7-6-18(10-21(22)34)33(35,36)37/h6-7,10-11,16,19-20,48H,5,8-9,12-15H2,1-4H3,(H,41,47). The molecule has 270 valence electrons. The van der Waals surface area contributed by atoms with Gasteiger partial charge in [0.15, 0.2) is 22.6 Å². The lowest BCUT2D eigenvalue weighted by molar-refractivity contribution is -0.137. The second kappa shape index (κ2) is 13.9. The number of halogens is 4. The summed E-state index contributed by atoms with van der Waals surface area (Å²) in [5.74, 6) is -1.01. The van der Waals surface area contributed by atoms with Gasteiger partial charge in [0.05, 0.1) is 46.9 Å². The molecule has 2 aliphatic rings. The number of benzene rings is 1. The summed E-state index contributed by atoms with van der Waals surface area (Å²) in [6.45, 7) is 3.94. The highest BCUT2D eigenvalue weighted by atomic mass is 35.5. The zero-order chi connectivity index (χ0) is 36.8. The Hall–Kier alpha value is -5.03. The third kappa shape index (κ3) is 6.87. The van der Waals surface area contributed by atoms with Crippen molar-refractivity contribution in [1.29, 1.82) is 0 Å². The minimum absolute atomic E-state index is 0.00729. The van der Waals surface area contributed by atoms with E-state index in [1.165, 1.54) is 12.5 Å². The van der Waals surface area contributed by atoms with E-state index < -0.39 is 41.1 Å². The summed E-state index contributed by atoms with van der Waals surface area (Å²) in [5, 5.41) is 12.9. The number of fused-ring (bicyclic) bond motifs is 3. The number of aryl methyl sites for hydroxylation is 1. The van der Waals surface area contributed by atoms with Crippen LogP contribution in [0, 0.1) is 6.92 Å². The van der Waals surface area contributed by atoms with Gasteiger partial charge in [-0.15, -0.1) is 0 Å². The fourth-order valence-electron chi connectivity index (χ4n) is 6.54. The van der Waals surface area contributed by atoms with Crippen LogP contribution < -0.4 is 20.5 Å². The van der Waals surface area contributed by atoms with Crippen molar-refractivity contribution in [2.75, 3.05) is 55.5 Å². The van der Waals surface area contributed by atoms with Crippen LogP contribution in [-0.2, 0) is 28.7 Å². The molecule has 2 bridgehead atoms. The van der Waals surface area contributed by atoms with E-state index in [2.05, 4.69) is 25.3 Å². The Labute approximate surface area is 294 Å². The van der Waals surface area contributed by atoms with Crippen molar-refractivity contribution >= 4 is 51.8 Å². The topological polar surface area (TPSA) is 159 Å². The Morgan fingerprint density at radius 3 is 2.59 bits per heavy atom. The first-order valence-corrected chi connectivity index (χ1v) is 16.5. The molecule has 2 N–H and O–H groups in total. The number of pyridine rings is 1. The van der Waals surface area contributed by atoms with Crippen molar-refractivity contribution < 1.29 is 32.6 Å². The molecule has 0 spiro atoms. The zero-order valence-corrected chi connectivity index (χ0v) is 28.9. The van der Waals surface area contributed by atoms with E-state index in [9.17, 15) is 32.7 Å². The molecule has 18 heteroatoms. The number of hydrogen-bond acceptors (Lipinski definition) is 11. The molecule has 2 atom stereocenters. The van der Waals surface area contributed by atoms with E-state index >= 15 is 0 Å². The van der Waals surface area contributed by atoms with E-state index in [4.69, 9.17) is 16.3 Å². The summed E-state index contributed by atoms with van der Waals surface area (Å²) in [6.07, 6.45) is -1.20. The molecule has 2 unspecified atom stereocenters. The Balaban J connectivity index is 1.41. The number of amides is 2. The molecular formula is C33H35ClF3N9O5. The van der Waals surface area contributed by atoms with Crippen LogP contribution in [0.1, 0.15) is 40.8 Å². The summed E-state index contributed by atoms with van der Waals surface area (Å²) < 4.78 is 47.1. The molecule has 4 aromatic rings. The first kappa shape index (κ1) is 35.8. The molecule has 3 aromatic heterocycles. The first-order valence-electron chi connectivity index (χ1n) is 16.1. The number of ether oxygens (including phenoxy) is 1. The lowest BCUT2D eigenvalue weighted by Gasteiger charge is -2.46. The predicted octanol–water partition coefficient (Wildman–Crippen LogP) is 3.65. The smallest absolute Gasteiger partial charge is 0.416 e. The highest BCUT2D eigenvalue weighted by Gasteiger charge is 2.42. The van der Waals surface area contributed by atoms with Crippen LogP contribution in [-0.4, -0.2) is 98.8 Å². The zero-order valence-electron chi connectivity index (χ0n) is 28.2. The van der Waals surface area contributed by atoms with E-state index in [-0.39, 0.29) is 77.4 Å². The Bertz CT molecular complexity index is 2060. The van der Waals surface area contributed by atoms with E-state index in [1.807, 2.05) is 11.8 Å². The third-order valence-electron chi connectivity index (χ3n) is 9.00. The second-order valence-corrected chi connectivity index (χ2v) is 13.0. The minimum atomic E-state index is -4.61. The van der Waals surface area contributed by atoms with Crippen LogP contribution in [0.2, 0.25) is 5.02 Å². The summed E-state index contributed by atoms with van der Waals surface area (Å²) in [7, 11) is 3.49. The molecule has 2 amide bonds. The molecule has 0 saturated carbocycles. The number of anilines is 3. The summed E-state index contributed by atoms with van der Waals surface area (Å²) in [4.78, 5) is 64.2. The molecular weight excluding hydrogens is 695 g/mol. The van der Waals surface area contributed by atoms with E-state index in [1.54, 1.807) is 35.4 Å². The minimum Gasteiger partial charge on any atom is -0.504 e. The summed E-state index contributed by atoms with van der Waals surface area (Å²) in [6, 6.07) is 1.66. The maximum atomic E-state index is 14.4. The highest BCUT2D eigenvalue weighted by molar-refractivity contribution is 6.33. The number of hydrogen-bond donors (Lipinski definition) is 2. The van der Waals surface area contributed by atoms with Gasteiger partial charge in [-0.3, -0.25) is 14.4 Å². The summed E-state index contributed by atoms with van der Waals surface area (Å²) >= 11 is 6.12. The quantitative estimate of drug-likeness (QED) is 0.286. The van der Waals surface area contributed by atoms with Crippen LogP contribution >= 0.6 is 11.6 Å². The van der Waals surface area contributed by atoms with E-state index in [0.29, 0.717) is 24.5 Å². The van der Waals surface area contributed by atoms with Gasteiger partial charge in [0.2, 0.25) is 11.3 Å². The van der Waals surface area contributed by atoms with Gasteiger partial charge in [-0.05, 0) is 38.0 Å². The summed E-state index contributed by atoms with van der Waals surface area (Å²) in [5.41, 5.74) is -0.361. The van der Waals surface area contributed by atoms with Crippen LogP contribution in [0.25, 0.3) is 11.2 Å². The molecule has 0 radical (unpaired) electrons. The van der Waals surface area contributed by atoms with Crippen LogP contribution in [0.4, 0.5) is 30.4 Å². The Morgan fingerprint density at radius 1 is 1.16 bits per heavy atom. The second-order valence-electron chi connectivity index (χ2n) is 12.5. The molecule has 51 heavy (non-hydrogen) atoms. The molecule has 2 aliphatic heterocycles. The number of carbonyl (C=O) groups excluding carboxylic acids is 2. The predicted molar refractivity (Wildman–Crippen MR) is 182 cm³/mol. The Kier molecular flexibility index (Phi) is 9.78. The normalized spacial score (nSPS) is 17.7. The number of rotatable bonds is 7. The SMILES string of the molecule is CCc1c(N2CC3CCOCC(C2)N3C(=O)c2ncnc(C)c2O)c(=O)c2nc(N(C)C)cnc2n1CC(=O)Nc1ccc(C(F)(F)F)cc1Cl. The molecule has 0 aliphatic carbocycles. The fraction of sp³-hybridized carbons (Fsp3) is 0.424. The number of piperazine rings is 1. The lowest BCUT2D eigenvalue weighted by Crippen LogP contribution is -2.62. The van der Waals surface area contributed by atoms with Crippen molar-refractivity contribution in [3.8, 4) is 5.75 Å². The van der Waals surface area contributed by atoms with Crippen LogP contribution in [0.3, 0.4) is 0 Å². The van der Waals surface area contributed by atoms with Crippen molar-refractivity contribution in [1.82, 2.24) is 29.4 Å². The molecule has 6 rings (SSSR count). The van der Waals surface area contributed by atoms with Gasteiger partial charge in [-0.25, -0.2) is 19.9 Å². The first-order chi connectivity index (χ1) is 24.2. The number of nitrogens with one attached hydrogen (secondary N) is 1. The highest BCUT2D eigenvalue weighted by Crippen LogP contribution is 2.35. The number of alkyl halides is 3. The number of aromatic nitrogens is 5. The average Bonchev–Trinajstić information content (AvgIpc) is 3.21. The van der Waals surface area contributed by atoms with Gasteiger partial charge in [0.1, 0.15) is 24.4 Å². The van der Waals surface area contributed by atoms with Gasteiger partial charge < -0.3 is 34.4 Å². The molecule has 5 heterocycles. The molecule has 1 aromatic carbocycles. The van der Waals surface area contributed by atoms with Gasteiger partial charge in [-0.2, -0.15) is 13.2 Å². The maximum Gasteiger partial charge on any atom is 0.416 e. The van der Waals surface area contributed by atoms with Gasteiger partial charge in [0, 0.05) is 39.5 Å². The number of aromatic hydroxyl groups is 1. The van der Waals surface area contributed by atoms with Gasteiger partial charge in [-0.1, -0.05) is 18.5 Å². The largest absolute Gasteiger partial charge is 0.504 e. The average molecular weight is 730 g/mol. The van der Waals surface area contributed by atoms with Gasteiger partial charge in [0.25, 0.3) is 5.91 Å². The maximum absolute atomic E-state index is 14.4. The number of carbonyl (C=O) groups is 2. The van der Waals surface area contributed by atoms with Crippen LogP contribution in [0.5, 0.6) is 5.75 Å². The molecule has 2 fully saturated rings. The third-order valence-corrected chi connectivity index (χ3v) is 9.32. The van der Waals surface area contributed by atoms with E-state index in [0.717, 1.165) is 18.2 Å².